The lowest BCUT2D eigenvalue weighted by Gasteiger charge is -2.11. The normalized spacial score (nSPS) is 11.3. The van der Waals surface area contributed by atoms with E-state index in [0.29, 0.717) is 24.2 Å². The number of hydrogen-bond acceptors (Lipinski definition) is 5. The second-order valence-corrected chi connectivity index (χ2v) is 6.04. The first-order valence-corrected chi connectivity index (χ1v) is 8.15. The molecular weight excluding hydrogens is 334 g/mol. The average molecular weight is 351 g/mol. The molecule has 0 aliphatic carbocycles. The van der Waals surface area contributed by atoms with Crippen LogP contribution in [0, 0.1) is 0 Å². The SMILES string of the molecule is COC(=O)c1cn(CCc2nc3ccccc3n2C)cc2c(=O)[nH]nc1-2. The van der Waals surface area contributed by atoms with E-state index in [1.165, 1.54) is 7.11 Å². The molecule has 8 nitrogen and oxygen atoms in total. The van der Waals surface area contributed by atoms with Crippen LogP contribution in [0.15, 0.2) is 41.5 Å². The molecule has 0 amide bonds. The topological polar surface area (TPSA) is 94.8 Å². The van der Waals surface area contributed by atoms with E-state index in [1.807, 2.05) is 35.9 Å². The van der Waals surface area contributed by atoms with Crippen LogP contribution in [0.3, 0.4) is 0 Å². The fraction of sp³-hybridized carbons (Fsp3) is 0.222. The molecule has 1 N–H and O–H groups in total. The van der Waals surface area contributed by atoms with Gasteiger partial charge in [-0.3, -0.25) is 4.79 Å². The van der Waals surface area contributed by atoms with Gasteiger partial charge in [-0.25, -0.2) is 14.9 Å². The van der Waals surface area contributed by atoms with Crippen LogP contribution in [0.2, 0.25) is 0 Å². The number of aryl methyl sites for hydroxylation is 3. The van der Waals surface area contributed by atoms with E-state index in [-0.39, 0.29) is 11.1 Å². The molecule has 0 saturated carbocycles. The van der Waals surface area contributed by atoms with E-state index in [0.717, 1.165) is 16.9 Å². The molecule has 1 aromatic heterocycles. The number of para-hydroxylation sites is 2. The van der Waals surface area contributed by atoms with E-state index in [9.17, 15) is 9.59 Å². The van der Waals surface area contributed by atoms with Gasteiger partial charge in [0, 0.05) is 32.4 Å². The van der Waals surface area contributed by atoms with Gasteiger partial charge in [-0.2, -0.15) is 5.10 Å². The number of hydrogen-bond donors (Lipinski definition) is 1. The summed E-state index contributed by atoms with van der Waals surface area (Å²) in [6.45, 7) is 0.557. The number of aromatic amines is 1. The summed E-state index contributed by atoms with van der Waals surface area (Å²) in [5.74, 6) is 0.395. The number of imidazole rings is 1. The molecule has 0 saturated heterocycles. The van der Waals surface area contributed by atoms with Gasteiger partial charge in [0.25, 0.3) is 5.56 Å². The van der Waals surface area contributed by atoms with Crippen molar-refractivity contribution in [2.75, 3.05) is 7.11 Å². The molecule has 0 spiro atoms. The lowest BCUT2D eigenvalue weighted by atomic mass is 10.1. The molecule has 2 aliphatic rings. The number of nitrogens with zero attached hydrogens (tertiary/aromatic N) is 4. The minimum atomic E-state index is -0.529. The number of ether oxygens (including phenoxy) is 1. The highest BCUT2D eigenvalue weighted by Crippen LogP contribution is 2.21. The number of carbonyl (C=O) groups is 1. The summed E-state index contributed by atoms with van der Waals surface area (Å²) in [7, 11) is 3.28. The summed E-state index contributed by atoms with van der Waals surface area (Å²) >= 11 is 0. The predicted molar refractivity (Wildman–Crippen MR) is 95.2 cm³/mol. The van der Waals surface area contributed by atoms with Crippen molar-refractivity contribution in [3.05, 3.63) is 58.4 Å². The first-order valence-electron chi connectivity index (χ1n) is 8.15. The molecule has 0 fully saturated rings. The monoisotopic (exact) mass is 351 g/mol. The minimum Gasteiger partial charge on any atom is -0.465 e. The highest BCUT2D eigenvalue weighted by molar-refractivity contribution is 5.95. The van der Waals surface area contributed by atoms with Crippen LogP contribution in [-0.4, -0.2) is 37.4 Å². The van der Waals surface area contributed by atoms with Crippen molar-refractivity contribution in [2.24, 2.45) is 7.05 Å². The van der Waals surface area contributed by atoms with Crippen molar-refractivity contribution in [3.63, 3.8) is 0 Å². The molecular formula is C18H17N5O3. The number of esters is 1. The lowest BCUT2D eigenvalue weighted by molar-refractivity contribution is 0.0600. The van der Waals surface area contributed by atoms with Gasteiger partial charge in [-0.1, -0.05) is 12.1 Å². The molecule has 8 heteroatoms. The zero-order valence-electron chi connectivity index (χ0n) is 14.4. The van der Waals surface area contributed by atoms with Crippen LogP contribution >= 0.6 is 0 Å². The van der Waals surface area contributed by atoms with Crippen LogP contribution in [0.1, 0.15) is 16.2 Å². The number of benzene rings is 1. The van der Waals surface area contributed by atoms with Crippen LogP contribution in [0.4, 0.5) is 0 Å². The largest absolute Gasteiger partial charge is 0.465 e. The van der Waals surface area contributed by atoms with Crippen molar-refractivity contribution < 1.29 is 9.53 Å². The van der Waals surface area contributed by atoms with Gasteiger partial charge in [-0.05, 0) is 12.1 Å². The summed E-state index contributed by atoms with van der Waals surface area (Å²) in [5, 5.41) is 6.30. The third-order valence-electron chi connectivity index (χ3n) is 4.49. The number of methoxy groups -OCH3 is 1. The van der Waals surface area contributed by atoms with Gasteiger partial charge in [0.15, 0.2) is 0 Å². The van der Waals surface area contributed by atoms with Crippen molar-refractivity contribution >= 4 is 17.0 Å². The average Bonchev–Trinajstić information content (AvgIpc) is 3.19. The number of pyridine rings is 1. The Morgan fingerprint density at radius 2 is 2.08 bits per heavy atom. The van der Waals surface area contributed by atoms with Crippen LogP contribution in [0.25, 0.3) is 22.3 Å². The maximum Gasteiger partial charge on any atom is 0.341 e. The summed E-state index contributed by atoms with van der Waals surface area (Å²) in [4.78, 5) is 28.6. The number of fused-ring (bicyclic) bond motifs is 2. The van der Waals surface area contributed by atoms with Gasteiger partial charge >= 0.3 is 5.97 Å². The highest BCUT2D eigenvalue weighted by Gasteiger charge is 2.21. The van der Waals surface area contributed by atoms with E-state index < -0.39 is 5.97 Å². The number of H-pyrrole nitrogens is 1. The molecule has 4 rings (SSSR count). The Labute approximate surface area is 148 Å². The van der Waals surface area contributed by atoms with Crippen LogP contribution in [0.5, 0.6) is 0 Å². The molecule has 2 aromatic rings. The second kappa shape index (κ2) is 6.14. The summed E-state index contributed by atoms with van der Waals surface area (Å²) in [6.07, 6.45) is 3.99. The second-order valence-electron chi connectivity index (χ2n) is 6.04. The van der Waals surface area contributed by atoms with Crippen molar-refractivity contribution in [2.45, 2.75) is 13.0 Å². The zero-order chi connectivity index (χ0) is 18.3. The molecule has 132 valence electrons. The number of carbonyl (C=O) groups excluding carboxylic acids is 1. The Bertz CT molecular complexity index is 1140. The van der Waals surface area contributed by atoms with Gasteiger partial charge in [0.05, 0.1) is 23.7 Å². The van der Waals surface area contributed by atoms with Gasteiger partial charge in [-0.15, -0.1) is 0 Å². The first kappa shape index (κ1) is 16.1. The van der Waals surface area contributed by atoms with E-state index in [4.69, 9.17) is 4.74 Å². The molecule has 0 unspecified atom stereocenters. The van der Waals surface area contributed by atoms with Crippen molar-refractivity contribution in [1.82, 2.24) is 24.3 Å². The summed E-state index contributed by atoms with van der Waals surface area (Å²) in [6, 6.07) is 7.94. The molecule has 2 aliphatic heterocycles. The Hall–Kier alpha value is -3.42. The molecule has 0 atom stereocenters. The number of nitrogens with one attached hydrogen (secondary N) is 1. The van der Waals surface area contributed by atoms with E-state index in [2.05, 4.69) is 15.2 Å². The first-order chi connectivity index (χ1) is 12.6. The summed E-state index contributed by atoms with van der Waals surface area (Å²) in [5.41, 5.74) is 2.61. The fourth-order valence-electron chi connectivity index (χ4n) is 3.13. The van der Waals surface area contributed by atoms with E-state index in [1.54, 1.807) is 17.0 Å². The Morgan fingerprint density at radius 1 is 1.27 bits per heavy atom. The Morgan fingerprint density at radius 3 is 2.85 bits per heavy atom. The van der Waals surface area contributed by atoms with Gasteiger partial charge in [0.2, 0.25) is 0 Å². The van der Waals surface area contributed by atoms with Crippen LogP contribution in [-0.2, 0) is 24.8 Å². The lowest BCUT2D eigenvalue weighted by Crippen LogP contribution is -2.13. The third-order valence-corrected chi connectivity index (χ3v) is 4.49. The van der Waals surface area contributed by atoms with E-state index >= 15 is 0 Å². The maximum absolute atomic E-state index is 12.0. The molecule has 26 heavy (non-hydrogen) atoms. The summed E-state index contributed by atoms with van der Waals surface area (Å²) < 4.78 is 8.65. The third kappa shape index (κ3) is 2.55. The fourth-order valence-corrected chi connectivity index (χ4v) is 3.13. The molecule has 0 radical (unpaired) electrons. The zero-order valence-corrected chi connectivity index (χ0v) is 14.4. The molecule has 0 bridgehead atoms. The molecule has 3 heterocycles. The maximum atomic E-state index is 12.0. The van der Waals surface area contributed by atoms with Gasteiger partial charge in [0.1, 0.15) is 17.1 Å². The number of rotatable bonds is 4. The van der Waals surface area contributed by atoms with Crippen LogP contribution < -0.4 is 5.56 Å². The highest BCUT2D eigenvalue weighted by atomic mass is 16.5. The van der Waals surface area contributed by atoms with Crippen molar-refractivity contribution in [3.8, 4) is 11.3 Å². The smallest absolute Gasteiger partial charge is 0.341 e. The van der Waals surface area contributed by atoms with Gasteiger partial charge < -0.3 is 13.9 Å². The minimum absolute atomic E-state index is 0.258. The Balaban J connectivity index is 1.69. The number of aromatic nitrogens is 5. The Kier molecular flexibility index (Phi) is 3.80. The quantitative estimate of drug-likeness (QED) is 0.564. The standard InChI is InChI=1S/C18H17N5O3/c1-22-14-6-4-3-5-13(14)19-15(22)7-8-23-9-11-16(20-21-17(11)24)12(10-23)18(25)26-2/h3-6,9-10H,7-8H2,1-2H3,(H,21,24). The predicted octanol–water partition coefficient (Wildman–Crippen LogP) is 1.59. The molecule has 1 aromatic carbocycles. The van der Waals surface area contributed by atoms with Crippen molar-refractivity contribution in [1.29, 1.82) is 0 Å².